The predicted octanol–water partition coefficient (Wildman–Crippen LogP) is 2.51. The zero-order chi connectivity index (χ0) is 17.5. The van der Waals surface area contributed by atoms with Crippen molar-refractivity contribution in [3.05, 3.63) is 22.2 Å². The van der Waals surface area contributed by atoms with Gasteiger partial charge in [-0.3, -0.25) is 4.99 Å². The van der Waals surface area contributed by atoms with Crippen molar-refractivity contribution in [3.8, 4) is 11.5 Å². The van der Waals surface area contributed by atoms with E-state index in [4.69, 9.17) is 14.2 Å². The van der Waals surface area contributed by atoms with Crippen LogP contribution in [-0.4, -0.2) is 58.9 Å². The van der Waals surface area contributed by atoms with Crippen molar-refractivity contribution in [2.75, 3.05) is 48.1 Å². The van der Waals surface area contributed by atoms with Crippen LogP contribution in [0.15, 0.2) is 21.6 Å². The van der Waals surface area contributed by atoms with E-state index >= 15 is 0 Å². The van der Waals surface area contributed by atoms with Gasteiger partial charge in [-0.25, -0.2) is 0 Å². The van der Waals surface area contributed by atoms with Gasteiger partial charge in [-0.15, -0.1) is 0 Å². The Kier molecular flexibility index (Phi) is 7.17. The molecule has 1 heterocycles. The molecule has 7 heteroatoms. The lowest BCUT2D eigenvalue weighted by Crippen LogP contribution is -2.41. The Balaban J connectivity index is 1.99. The van der Waals surface area contributed by atoms with Crippen LogP contribution in [0.1, 0.15) is 12.0 Å². The van der Waals surface area contributed by atoms with E-state index in [9.17, 15) is 0 Å². The van der Waals surface area contributed by atoms with E-state index in [1.54, 1.807) is 21.3 Å². The van der Waals surface area contributed by atoms with E-state index in [1.807, 2.05) is 12.1 Å². The molecular weight excluding hydrogens is 374 g/mol. The predicted molar refractivity (Wildman–Crippen MR) is 99.0 cm³/mol. The van der Waals surface area contributed by atoms with Crippen molar-refractivity contribution in [2.45, 2.75) is 13.0 Å². The molecule has 0 aromatic heterocycles. The Bertz CT molecular complexity index is 574. The van der Waals surface area contributed by atoms with Gasteiger partial charge in [-0.05, 0) is 24.1 Å². The van der Waals surface area contributed by atoms with Crippen LogP contribution in [0.4, 0.5) is 0 Å². The van der Waals surface area contributed by atoms with Crippen LogP contribution >= 0.6 is 15.9 Å². The van der Waals surface area contributed by atoms with Crippen LogP contribution < -0.4 is 14.8 Å². The first-order chi connectivity index (χ1) is 11.6. The van der Waals surface area contributed by atoms with Gasteiger partial charge in [0, 0.05) is 44.2 Å². The fraction of sp³-hybridized carbons (Fsp3) is 0.588. The number of ether oxygens (including phenoxy) is 3. The van der Waals surface area contributed by atoms with Crippen LogP contribution in [0.5, 0.6) is 11.5 Å². The Morgan fingerprint density at radius 3 is 2.67 bits per heavy atom. The third-order valence-corrected chi connectivity index (χ3v) is 4.86. The highest BCUT2D eigenvalue weighted by molar-refractivity contribution is 9.10. The van der Waals surface area contributed by atoms with E-state index in [0.717, 1.165) is 42.2 Å². The number of hydrogen-bond acceptors (Lipinski definition) is 4. The molecule has 0 spiro atoms. The third kappa shape index (κ3) is 4.77. The van der Waals surface area contributed by atoms with Crippen LogP contribution in [0.25, 0.3) is 0 Å². The number of nitrogens with one attached hydrogen (secondary N) is 1. The van der Waals surface area contributed by atoms with Gasteiger partial charge in [0.1, 0.15) is 0 Å². The topological polar surface area (TPSA) is 55.3 Å². The summed E-state index contributed by atoms with van der Waals surface area (Å²) in [6.45, 7) is 3.28. The molecule has 134 valence electrons. The average Bonchev–Trinajstić information content (AvgIpc) is 3.09. The Morgan fingerprint density at radius 2 is 2.08 bits per heavy atom. The van der Waals surface area contributed by atoms with Gasteiger partial charge >= 0.3 is 0 Å². The molecule has 6 nitrogen and oxygen atoms in total. The van der Waals surface area contributed by atoms with E-state index in [-0.39, 0.29) is 0 Å². The largest absolute Gasteiger partial charge is 0.493 e. The summed E-state index contributed by atoms with van der Waals surface area (Å²) in [6.07, 6.45) is 1.11. The molecule has 1 saturated heterocycles. The molecular formula is C17H26BrN3O3. The van der Waals surface area contributed by atoms with Crippen molar-refractivity contribution in [3.63, 3.8) is 0 Å². The van der Waals surface area contributed by atoms with Crippen LogP contribution in [0.2, 0.25) is 0 Å². The lowest BCUT2D eigenvalue weighted by Gasteiger charge is -2.24. The maximum Gasteiger partial charge on any atom is 0.193 e. The Morgan fingerprint density at radius 1 is 1.38 bits per heavy atom. The molecule has 1 unspecified atom stereocenters. The molecule has 24 heavy (non-hydrogen) atoms. The molecule has 2 rings (SSSR count). The summed E-state index contributed by atoms with van der Waals surface area (Å²) >= 11 is 3.59. The van der Waals surface area contributed by atoms with Crippen LogP contribution in [0.3, 0.4) is 0 Å². The number of halogens is 1. The van der Waals surface area contributed by atoms with Gasteiger partial charge in [0.15, 0.2) is 17.5 Å². The van der Waals surface area contributed by atoms with Gasteiger partial charge in [0.2, 0.25) is 0 Å². The van der Waals surface area contributed by atoms with Crippen molar-refractivity contribution < 1.29 is 14.2 Å². The van der Waals surface area contributed by atoms with E-state index < -0.39 is 0 Å². The van der Waals surface area contributed by atoms with E-state index in [1.165, 1.54) is 0 Å². The number of methoxy groups -OCH3 is 2. The Hall–Kier alpha value is -1.47. The molecule has 1 aromatic rings. The summed E-state index contributed by atoms with van der Waals surface area (Å²) in [6, 6.07) is 3.88. The summed E-state index contributed by atoms with van der Waals surface area (Å²) in [5.41, 5.74) is 1.08. The smallest absolute Gasteiger partial charge is 0.193 e. The zero-order valence-corrected chi connectivity index (χ0v) is 16.4. The molecule has 1 aliphatic heterocycles. The second-order valence-corrected chi connectivity index (χ2v) is 6.66. The number of aliphatic imine (C=N–C) groups is 1. The summed E-state index contributed by atoms with van der Waals surface area (Å²) in [4.78, 5) is 6.52. The maximum absolute atomic E-state index is 5.44. The number of benzene rings is 1. The lowest BCUT2D eigenvalue weighted by atomic mass is 10.1. The molecule has 0 aliphatic carbocycles. The second kappa shape index (κ2) is 9.13. The van der Waals surface area contributed by atoms with Gasteiger partial charge in [0.05, 0.1) is 20.8 Å². The van der Waals surface area contributed by atoms with Crippen LogP contribution in [0, 0.1) is 5.92 Å². The minimum absolute atomic E-state index is 0.571. The molecule has 1 fully saturated rings. The summed E-state index contributed by atoms with van der Waals surface area (Å²) < 4.78 is 17.1. The first-order valence-electron chi connectivity index (χ1n) is 7.99. The highest BCUT2D eigenvalue weighted by Crippen LogP contribution is 2.33. The van der Waals surface area contributed by atoms with Gasteiger partial charge in [0.25, 0.3) is 0 Å². The van der Waals surface area contributed by atoms with Gasteiger partial charge < -0.3 is 24.4 Å². The molecule has 0 bridgehead atoms. The molecule has 1 atom stereocenters. The fourth-order valence-electron chi connectivity index (χ4n) is 2.79. The average molecular weight is 400 g/mol. The normalized spacial score (nSPS) is 17.7. The van der Waals surface area contributed by atoms with Gasteiger partial charge in [-0.1, -0.05) is 15.9 Å². The fourth-order valence-corrected chi connectivity index (χ4v) is 3.25. The minimum Gasteiger partial charge on any atom is -0.493 e. The van der Waals surface area contributed by atoms with Crippen molar-refractivity contribution >= 4 is 21.9 Å². The number of guanidine groups is 1. The van der Waals surface area contributed by atoms with Crippen molar-refractivity contribution in [1.82, 2.24) is 10.2 Å². The van der Waals surface area contributed by atoms with Crippen molar-refractivity contribution in [2.24, 2.45) is 10.9 Å². The molecule has 1 N–H and O–H groups in total. The third-order valence-electron chi connectivity index (χ3n) is 4.12. The number of nitrogens with zero attached hydrogens (tertiary/aromatic N) is 2. The summed E-state index contributed by atoms with van der Waals surface area (Å²) in [5, 5.41) is 3.40. The van der Waals surface area contributed by atoms with E-state index in [0.29, 0.717) is 24.0 Å². The van der Waals surface area contributed by atoms with E-state index in [2.05, 4.69) is 38.2 Å². The molecule has 1 aliphatic rings. The Labute approximate surface area is 152 Å². The molecule has 1 aromatic carbocycles. The standard InChI is InChI=1S/C17H26BrN3O3/c1-19-17(21(2)10-12-5-6-24-11-12)20-9-13-7-15(22-3)16(23-4)8-14(13)18/h7-8,12H,5-6,9-11H2,1-4H3,(H,19,20). The minimum atomic E-state index is 0.571. The number of hydrogen-bond donors (Lipinski definition) is 1. The lowest BCUT2D eigenvalue weighted by molar-refractivity contribution is 0.181. The quantitative estimate of drug-likeness (QED) is 0.588. The van der Waals surface area contributed by atoms with Crippen molar-refractivity contribution in [1.29, 1.82) is 0 Å². The SMILES string of the molecule is CN=C(NCc1cc(OC)c(OC)cc1Br)N(C)CC1CCOC1. The first-order valence-corrected chi connectivity index (χ1v) is 8.78. The maximum atomic E-state index is 5.44. The number of rotatable bonds is 6. The molecule has 0 radical (unpaired) electrons. The molecule has 0 amide bonds. The highest BCUT2D eigenvalue weighted by Gasteiger charge is 2.19. The first kappa shape index (κ1) is 18.9. The highest BCUT2D eigenvalue weighted by atomic mass is 79.9. The van der Waals surface area contributed by atoms with Crippen LogP contribution in [-0.2, 0) is 11.3 Å². The molecule has 0 saturated carbocycles. The summed E-state index contributed by atoms with van der Waals surface area (Å²) in [5.74, 6) is 2.85. The zero-order valence-electron chi connectivity index (χ0n) is 14.8. The monoisotopic (exact) mass is 399 g/mol. The second-order valence-electron chi connectivity index (χ2n) is 5.81. The van der Waals surface area contributed by atoms with Gasteiger partial charge in [-0.2, -0.15) is 0 Å². The summed E-state index contributed by atoms with van der Waals surface area (Å²) in [7, 11) is 7.12.